The van der Waals surface area contributed by atoms with E-state index < -0.39 is 21.5 Å². The van der Waals surface area contributed by atoms with E-state index in [2.05, 4.69) is 5.32 Å². The van der Waals surface area contributed by atoms with E-state index in [1.165, 1.54) is 24.4 Å². The van der Waals surface area contributed by atoms with Crippen molar-refractivity contribution in [2.24, 2.45) is 0 Å². The number of anilines is 1. The quantitative estimate of drug-likeness (QED) is 0.449. The second kappa shape index (κ2) is 10.4. The highest BCUT2D eigenvalue weighted by atomic mass is 35.5. The smallest absolute Gasteiger partial charge is 0.242 e. The molecular formula is C24H27Cl2N3O4S. The molecule has 10 heteroatoms. The number of hydrogen-bond donors (Lipinski definition) is 1. The number of amides is 2. The van der Waals surface area contributed by atoms with Crippen LogP contribution in [0.2, 0.25) is 10.0 Å². The van der Waals surface area contributed by atoms with Crippen molar-refractivity contribution in [1.82, 2.24) is 9.47 Å². The van der Waals surface area contributed by atoms with Crippen LogP contribution in [0.5, 0.6) is 0 Å². The monoisotopic (exact) mass is 523 g/mol. The zero-order valence-electron chi connectivity index (χ0n) is 19.4. The minimum absolute atomic E-state index is 0.000771. The third-order valence-electron chi connectivity index (χ3n) is 5.32. The molecule has 0 spiro atoms. The Hall–Kier alpha value is -2.55. The van der Waals surface area contributed by atoms with Crippen LogP contribution in [-0.4, -0.2) is 47.5 Å². The molecule has 3 rings (SSSR count). The number of carbonyl (C=O) groups is 2. The number of sulfone groups is 1. The standard InChI is InChI=1S/C24H27Cl2N3O4S/c1-15(2)29(16(3)4)24(31)13-28-12-22(18-7-5-6-8-21(18)28)34(32,33)14-23(30)27-17-9-10-19(25)20(26)11-17/h5-12,15-16H,13-14H2,1-4H3,(H,27,30). The Balaban J connectivity index is 1.89. The minimum atomic E-state index is -4.01. The fourth-order valence-corrected chi connectivity index (χ4v) is 5.68. The second-order valence-corrected chi connectivity index (χ2v) is 11.3. The van der Waals surface area contributed by atoms with Crippen LogP contribution in [-0.2, 0) is 26.0 Å². The molecule has 182 valence electrons. The lowest BCUT2D eigenvalue weighted by Crippen LogP contribution is -2.43. The summed E-state index contributed by atoms with van der Waals surface area (Å²) < 4.78 is 28.0. The van der Waals surface area contributed by atoms with Crippen molar-refractivity contribution >= 4 is 61.4 Å². The van der Waals surface area contributed by atoms with Gasteiger partial charge in [-0.25, -0.2) is 8.42 Å². The first kappa shape index (κ1) is 26.1. The fourth-order valence-electron chi connectivity index (χ4n) is 4.01. The molecule has 1 aromatic heterocycles. The van der Waals surface area contributed by atoms with Gasteiger partial charge in [-0.05, 0) is 52.0 Å². The summed E-state index contributed by atoms with van der Waals surface area (Å²) >= 11 is 11.8. The van der Waals surface area contributed by atoms with E-state index in [9.17, 15) is 18.0 Å². The fraction of sp³-hybridized carbons (Fsp3) is 0.333. The summed E-state index contributed by atoms with van der Waals surface area (Å²) in [6.45, 7) is 7.74. The molecule has 0 radical (unpaired) electrons. The number of benzene rings is 2. The van der Waals surface area contributed by atoms with Gasteiger partial charge < -0.3 is 14.8 Å². The highest BCUT2D eigenvalue weighted by Crippen LogP contribution is 2.28. The average molecular weight is 524 g/mol. The van der Waals surface area contributed by atoms with Crippen molar-refractivity contribution in [3.8, 4) is 0 Å². The van der Waals surface area contributed by atoms with Crippen molar-refractivity contribution in [3.05, 3.63) is 58.7 Å². The number of halogens is 2. The van der Waals surface area contributed by atoms with E-state index in [0.29, 0.717) is 21.6 Å². The van der Waals surface area contributed by atoms with Crippen LogP contribution in [0, 0.1) is 0 Å². The van der Waals surface area contributed by atoms with E-state index in [0.717, 1.165) is 0 Å². The third-order valence-corrected chi connectivity index (χ3v) is 7.69. The second-order valence-electron chi connectivity index (χ2n) is 8.56. The molecule has 2 amide bonds. The lowest BCUT2D eigenvalue weighted by molar-refractivity contribution is -0.135. The number of rotatable bonds is 8. The van der Waals surface area contributed by atoms with Gasteiger partial charge in [0.15, 0.2) is 9.84 Å². The molecule has 0 fully saturated rings. The SMILES string of the molecule is CC(C)N(C(=O)Cn1cc(S(=O)(=O)CC(=O)Nc2ccc(Cl)c(Cl)c2)c2ccccc21)C(C)C. The van der Waals surface area contributed by atoms with E-state index in [1.54, 1.807) is 33.7 Å². The number of carbonyl (C=O) groups excluding carboxylic acids is 2. The number of fused-ring (bicyclic) bond motifs is 1. The van der Waals surface area contributed by atoms with Crippen LogP contribution >= 0.6 is 23.2 Å². The number of aromatic nitrogens is 1. The molecule has 0 saturated heterocycles. The van der Waals surface area contributed by atoms with Gasteiger partial charge in [-0.2, -0.15) is 0 Å². The maximum atomic E-state index is 13.2. The topological polar surface area (TPSA) is 88.5 Å². The Kier molecular flexibility index (Phi) is 7.95. The van der Waals surface area contributed by atoms with Crippen molar-refractivity contribution in [1.29, 1.82) is 0 Å². The molecular weight excluding hydrogens is 497 g/mol. The third kappa shape index (κ3) is 5.74. The lowest BCUT2D eigenvalue weighted by Gasteiger charge is -2.31. The summed E-state index contributed by atoms with van der Waals surface area (Å²) in [5.74, 6) is -1.59. The zero-order chi connectivity index (χ0) is 25.2. The summed E-state index contributed by atoms with van der Waals surface area (Å²) in [7, 11) is -4.01. The van der Waals surface area contributed by atoms with Gasteiger partial charge in [-0.15, -0.1) is 0 Å². The van der Waals surface area contributed by atoms with E-state index in [1.807, 2.05) is 27.7 Å². The van der Waals surface area contributed by atoms with Crippen LogP contribution in [0.25, 0.3) is 10.9 Å². The molecule has 0 saturated carbocycles. The molecule has 3 aromatic rings. The molecule has 34 heavy (non-hydrogen) atoms. The molecule has 0 aliphatic heterocycles. The van der Waals surface area contributed by atoms with Crippen molar-refractivity contribution in [2.45, 2.75) is 51.2 Å². The van der Waals surface area contributed by atoms with Crippen molar-refractivity contribution in [3.63, 3.8) is 0 Å². The first-order chi connectivity index (χ1) is 15.9. The molecule has 0 aliphatic rings. The first-order valence-corrected chi connectivity index (χ1v) is 13.2. The number of nitrogens with zero attached hydrogens (tertiary/aromatic N) is 2. The van der Waals surface area contributed by atoms with Gasteiger partial charge in [-0.3, -0.25) is 9.59 Å². The van der Waals surface area contributed by atoms with Crippen LogP contribution < -0.4 is 5.32 Å². The molecule has 7 nitrogen and oxygen atoms in total. The lowest BCUT2D eigenvalue weighted by atomic mass is 10.2. The van der Waals surface area contributed by atoms with Gasteiger partial charge in [0.2, 0.25) is 11.8 Å². The molecule has 2 aromatic carbocycles. The van der Waals surface area contributed by atoms with Crippen molar-refractivity contribution < 1.29 is 18.0 Å². The molecule has 1 N–H and O–H groups in total. The zero-order valence-corrected chi connectivity index (χ0v) is 21.7. The molecule has 0 bridgehead atoms. The van der Waals surface area contributed by atoms with Crippen LogP contribution in [0.15, 0.2) is 53.6 Å². The molecule has 0 unspecified atom stereocenters. The summed E-state index contributed by atoms with van der Waals surface area (Å²) in [4.78, 5) is 27.3. The Morgan fingerprint density at radius 1 is 1.00 bits per heavy atom. The Morgan fingerprint density at radius 2 is 1.65 bits per heavy atom. The summed E-state index contributed by atoms with van der Waals surface area (Å²) in [6, 6.07) is 11.4. The Morgan fingerprint density at radius 3 is 2.26 bits per heavy atom. The number of hydrogen-bond acceptors (Lipinski definition) is 4. The minimum Gasteiger partial charge on any atom is -0.337 e. The van der Waals surface area contributed by atoms with Gasteiger partial charge in [0.1, 0.15) is 12.3 Å². The van der Waals surface area contributed by atoms with E-state index >= 15 is 0 Å². The average Bonchev–Trinajstić information content (AvgIpc) is 3.09. The van der Waals surface area contributed by atoms with Gasteiger partial charge >= 0.3 is 0 Å². The molecule has 0 atom stereocenters. The van der Waals surface area contributed by atoms with E-state index in [-0.39, 0.29) is 34.5 Å². The first-order valence-electron chi connectivity index (χ1n) is 10.8. The van der Waals surface area contributed by atoms with Crippen LogP contribution in [0.3, 0.4) is 0 Å². The number of para-hydroxylation sites is 1. The van der Waals surface area contributed by atoms with E-state index in [4.69, 9.17) is 23.2 Å². The number of nitrogens with one attached hydrogen (secondary N) is 1. The highest BCUT2D eigenvalue weighted by Gasteiger charge is 2.26. The van der Waals surface area contributed by atoms with Crippen LogP contribution in [0.4, 0.5) is 5.69 Å². The van der Waals surface area contributed by atoms with Crippen LogP contribution in [0.1, 0.15) is 27.7 Å². The maximum Gasteiger partial charge on any atom is 0.242 e. The van der Waals surface area contributed by atoms with Crippen molar-refractivity contribution in [2.75, 3.05) is 11.1 Å². The molecule has 0 aliphatic carbocycles. The largest absolute Gasteiger partial charge is 0.337 e. The molecule has 1 heterocycles. The predicted octanol–water partition coefficient (Wildman–Crippen LogP) is 5.01. The summed E-state index contributed by atoms with van der Waals surface area (Å²) in [5.41, 5.74) is 0.942. The van der Waals surface area contributed by atoms with Gasteiger partial charge in [0.25, 0.3) is 0 Å². The van der Waals surface area contributed by atoms with Gasteiger partial charge in [0.05, 0.1) is 14.9 Å². The normalized spacial score (nSPS) is 11.9. The maximum absolute atomic E-state index is 13.2. The summed E-state index contributed by atoms with van der Waals surface area (Å²) in [5, 5.41) is 3.56. The van der Waals surface area contributed by atoms with Gasteiger partial charge in [0, 0.05) is 34.9 Å². The highest BCUT2D eigenvalue weighted by molar-refractivity contribution is 7.92. The Bertz CT molecular complexity index is 1330. The predicted molar refractivity (Wildman–Crippen MR) is 136 cm³/mol. The Labute approximate surface area is 209 Å². The summed E-state index contributed by atoms with van der Waals surface area (Å²) in [6.07, 6.45) is 1.43. The van der Waals surface area contributed by atoms with Gasteiger partial charge in [-0.1, -0.05) is 41.4 Å².